The van der Waals surface area contributed by atoms with Crippen molar-refractivity contribution < 1.29 is 4.79 Å². The lowest BCUT2D eigenvalue weighted by Crippen LogP contribution is -2.27. The highest BCUT2D eigenvalue weighted by Crippen LogP contribution is 2.28. The molecule has 5 rings (SSSR count). The molecule has 0 unspecified atom stereocenters. The molecule has 2 aromatic heterocycles. The first kappa shape index (κ1) is 21.9. The topological polar surface area (TPSA) is 63.9 Å². The molecule has 0 aliphatic carbocycles. The van der Waals surface area contributed by atoms with Crippen LogP contribution in [0.25, 0.3) is 5.69 Å². The zero-order valence-electron chi connectivity index (χ0n) is 18.5. The van der Waals surface area contributed by atoms with E-state index in [0.29, 0.717) is 17.9 Å². The number of thioether (sulfide) groups is 1. The molecule has 2 aromatic carbocycles. The molecular formula is C25H25N5OS2. The van der Waals surface area contributed by atoms with E-state index in [-0.39, 0.29) is 5.91 Å². The Morgan fingerprint density at radius 2 is 1.79 bits per heavy atom. The summed E-state index contributed by atoms with van der Waals surface area (Å²) < 4.78 is 2.13. The van der Waals surface area contributed by atoms with Crippen LogP contribution in [0, 0.1) is 6.92 Å². The fraction of sp³-hybridized carbons (Fsp3) is 0.280. The number of carbonyl (C=O) groups excluding carboxylic acids is 1. The summed E-state index contributed by atoms with van der Waals surface area (Å²) in [5.41, 5.74) is 4.01. The number of aryl methyl sites for hydroxylation is 1. The van der Waals surface area contributed by atoms with Gasteiger partial charge in [0.05, 0.1) is 5.75 Å². The van der Waals surface area contributed by atoms with Crippen LogP contribution in [0.2, 0.25) is 0 Å². The second-order valence-corrected chi connectivity index (χ2v) is 10.0. The van der Waals surface area contributed by atoms with Crippen molar-refractivity contribution in [1.29, 1.82) is 0 Å². The number of rotatable bonds is 7. The number of nitrogens with zero attached hydrogens (tertiary/aromatic N) is 5. The van der Waals surface area contributed by atoms with Crippen LogP contribution in [0.4, 0.5) is 0 Å². The van der Waals surface area contributed by atoms with Gasteiger partial charge in [0.2, 0.25) is 0 Å². The van der Waals surface area contributed by atoms with Crippen molar-refractivity contribution >= 4 is 29.0 Å². The summed E-state index contributed by atoms with van der Waals surface area (Å²) in [6, 6.07) is 18.7. The van der Waals surface area contributed by atoms with Crippen LogP contribution in [0.3, 0.4) is 0 Å². The van der Waals surface area contributed by atoms with Gasteiger partial charge in [0, 0.05) is 30.6 Å². The van der Waals surface area contributed by atoms with Gasteiger partial charge < -0.3 is 4.90 Å². The zero-order chi connectivity index (χ0) is 22.6. The van der Waals surface area contributed by atoms with Gasteiger partial charge in [-0.2, -0.15) is 0 Å². The van der Waals surface area contributed by atoms with Gasteiger partial charge >= 0.3 is 0 Å². The number of thiazole rings is 1. The number of benzene rings is 2. The van der Waals surface area contributed by atoms with E-state index in [4.69, 9.17) is 0 Å². The Hall–Kier alpha value is -2.97. The van der Waals surface area contributed by atoms with Crippen molar-refractivity contribution in [2.75, 3.05) is 13.1 Å². The zero-order valence-corrected chi connectivity index (χ0v) is 20.1. The Balaban J connectivity index is 1.36. The number of aromatic nitrogens is 4. The van der Waals surface area contributed by atoms with Crippen molar-refractivity contribution in [2.45, 2.75) is 37.1 Å². The average molecular weight is 476 g/mol. The van der Waals surface area contributed by atoms with E-state index in [2.05, 4.69) is 63.1 Å². The molecular weight excluding hydrogens is 450 g/mol. The molecule has 6 nitrogen and oxygen atoms in total. The number of carbonyl (C=O) groups is 1. The quantitative estimate of drug-likeness (QED) is 0.346. The van der Waals surface area contributed by atoms with Crippen molar-refractivity contribution in [3.63, 3.8) is 0 Å². The lowest BCUT2D eigenvalue weighted by molar-refractivity contribution is 0.0787. The molecule has 168 valence electrons. The van der Waals surface area contributed by atoms with E-state index in [1.807, 2.05) is 28.5 Å². The van der Waals surface area contributed by atoms with Crippen molar-refractivity contribution in [2.24, 2.45) is 0 Å². The minimum atomic E-state index is 0.0490. The van der Waals surface area contributed by atoms with E-state index in [1.54, 1.807) is 11.8 Å². The van der Waals surface area contributed by atoms with Gasteiger partial charge in [-0.3, -0.25) is 9.36 Å². The summed E-state index contributed by atoms with van der Waals surface area (Å²) in [5.74, 6) is 1.59. The highest BCUT2D eigenvalue weighted by molar-refractivity contribution is 7.98. The third-order valence-corrected chi connectivity index (χ3v) is 7.66. The minimum absolute atomic E-state index is 0.0490. The molecule has 0 saturated carbocycles. The molecule has 0 atom stereocenters. The number of hydrogen-bond donors (Lipinski definition) is 0. The molecule has 1 aliphatic rings. The van der Waals surface area contributed by atoms with Crippen LogP contribution in [0.15, 0.2) is 65.1 Å². The summed E-state index contributed by atoms with van der Waals surface area (Å²) in [4.78, 5) is 19.1. The normalized spacial score (nSPS) is 13.5. The van der Waals surface area contributed by atoms with Gasteiger partial charge in [-0.05, 0) is 37.5 Å². The number of hydrogen-bond acceptors (Lipinski definition) is 6. The Morgan fingerprint density at radius 1 is 1.03 bits per heavy atom. The Kier molecular flexibility index (Phi) is 6.55. The minimum Gasteiger partial charge on any atom is -0.337 e. The van der Waals surface area contributed by atoms with Crippen LogP contribution >= 0.6 is 23.1 Å². The lowest BCUT2D eigenvalue weighted by atomic mass is 10.1. The fourth-order valence-electron chi connectivity index (χ4n) is 3.92. The molecule has 1 aliphatic heterocycles. The fourth-order valence-corrected chi connectivity index (χ4v) is 5.68. The smallest absolute Gasteiger partial charge is 0.273 e. The number of likely N-dealkylation sites (tertiary alicyclic amines) is 1. The maximum atomic E-state index is 12.6. The molecule has 0 spiro atoms. The Labute approximate surface area is 201 Å². The van der Waals surface area contributed by atoms with E-state index < -0.39 is 0 Å². The summed E-state index contributed by atoms with van der Waals surface area (Å²) in [6.07, 6.45) is 2.87. The first-order valence-electron chi connectivity index (χ1n) is 11.1. The van der Waals surface area contributed by atoms with Crippen molar-refractivity contribution in [3.8, 4) is 5.69 Å². The maximum Gasteiger partial charge on any atom is 0.273 e. The predicted octanol–water partition coefficient (Wildman–Crippen LogP) is 5.15. The van der Waals surface area contributed by atoms with Crippen LogP contribution in [0.1, 0.15) is 45.3 Å². The molecule has 1 amide bonds. The van der Waals surface area contributed by atoms with Crippen LogP contribution in [0.5, 0.6) is 0 Å². The predicted molar refractivity (Wildman–Crippen MR) is 132 cm³/mol. The highest BCUT2D eigenvalue weighted by Gasteiger charge is 2.22. The second kappa shape index (κ2) is 9.89. The van der Waals surface area contributed by atoms with Crippen molar-refractivity contribution in [3.05, 3.63) is 87.6 Å². The SMILES string of the molecule is Cc1ccc(-n2c(Cc3ccccc3)nnc2SCc2nc(C(=O)N3CCCC3)cs2)cc1. The summed E-state index contributed by atoms with van der Waals surface area (Å²) in [7, 11) is 0. The first-order valence-corrected chi connectivity index (χ1v) is 13.0. The van der Waals surface area contributed by atoms with E-state index in [1.165, 1.54) is 22.5 Å². The number of amides is 1. The van der Waals surface area contributed by atoms with Gasteiger partial charge in [-0.25, -0.2) is 4.98 Å². The standard InChI is InChI=1S/C25H25N5OS2/c1-18-9-11-20(12-10-18)30-22(15-19-7-3-2-4-8-19)27-28-25(30)33-17-23-26-21(16-32-23)24(31)29-13-5-6-14-29/h2-4,7-12,16H,5-6,13-15,17H2,1H3. The first-order chi connectivity index (χ1) is 16.2. The highest BCUT2D eigenvalue weighted by atomic mass is 32.2. The second-order valence-electron chi connectivity index (χ2n) is 8.15. The largest absolute Gasteiger partial charge is 0.337 e. The van der Waals surface area contributed by atoms with Gasteiger partial charge in [-0.15, -0.1) is 21.5 Å². The monoisotopic (exact) mass is 475 g/mol. The van der Waals surface area contributed by atoms with Crippen LogP contribution in [-0.4, -0.2) is 43.6 Å². The van der Waals surface area contributed by atoms with Crippen LogP contribution in [-0.2, 0) is 12.2 Å². The maximum absolute atomic E-state index is 12.6. The van der Waals surface area contributed by atoms with E-state index >= 15 is 0 Å². The molecule has 4 aromatic rings. The van der Waals surface area contributed by atoms with Gasteiger partial charge in [0.1, 0.15) is 16.5 Å². The molecule has 3 heterocycles. The molecule has 0 radical (unpaired) electrons. The molecule has 0 bridgehead atoms. The molecule has 1 saturated heterocycles. The van der Waals surface area contributed by atoms with E-state index in [0.717, 1.165) is 47.6 Å². The summed E-state index contributed by atoms with van der Waals surface area (Å²) >= 11 is 3.13. The van der Waals surface area contributed by atoms with Crippen molar-refractivity contribution in [1.82, 2.24) is 24.6 Å². The molecule has 1 fully saturated rings. The van der Waals surface area contributed by atoms with E-state index in [9.17, 15) is 4.79 Å². The molecule has 33 heavy (non-hydrogen) atoms. The van der Waals surface area contributed by atoms with Gasteiger partial charge in [0.15, 0.2) is 5.16 Å². The third kappa shape index (κ3) is 5.02. The van der Waals surface area contributed by atoms with Crippen LogP contribution < -0.4 is 0 Å². The average Bonchev–Trinajstić information content (AvgIpc) is 3.60. The third-order valence-electron chi connectivity index (χ3n) is 5.69. The summed E-state index contributed by atoms with van der Waals surface area (Å²) in [6.45, 7) is 3.76. The Morgan fingerprint density at radius 3 is 2.55 bits per heavy atom. The summed E-state index contributed by atoms with van der Waals surface area (Å²) in [5, 5.41) is 12.7. The van der Waals surface area contributed by atoms with Gasteiger partial charge in [-0.1, -0.05) is 59.8 Å². The molecule has 8 heteroatoms. The molecule has 0 N–H and O–H groups in total. The lowest BCUT2D eigenvalue weighted by Gasteiger charge is -2.12. The Bertz CT molecular complexity index is 1230. The van der Waals surface area contributed by atoms with Gasteiger partial charge in [0.25, 0.3) is 5.91 Å².